The number of hydrogen-bond donors (Lipinski definition) is 1. The van der Waals surface area contributed by atoms with Gasteiger partial charge in [-0.25, -0.2) is 4.98 Å². The Labute approximate surface area is 154 Å². The first-order valence-electron chi connectivity index (χ1n) is 9.15. The van der Waals surface area contributed by atoms with Crippen molar-refractivity contribution in [2.24, 2.45) is 0 Å². The van der Waals surface area contributed by atoms with Gasteiger partial charge >= 0.3 is 0 Å². The Kier molecular flexibility index (Phi) is 4.51. The average molecular weight is 347 g/mol. The van der Waals surface area contributed by atoms with Gasteiger partial charge in [0.2, 0.25) is 0 Å². The molecule has 0 unspecified atom stereocenters. The molecule has 26 heavy (non-hydrogen) atoms. The van der Waals surface area contributed by atoms with Crippen LogP contribution in [0.2, 0.25) is 0 Å². The molecule has 1 heterocycles. The van der Waals surface area contributed by atoms with E-state index in [0.717, 1.165) is 42.9 Å². The van der Waals surface area contributed by atoms with E-state index in [9.17, 15) is 0 Å². The number of ether oxygens (including phenoxy) is 1. The Morgan fingerprint density at radius 3 is 2.77 bits per heavy atom. The second-order valence-corrected chi connectivity index (χ2v) is 7.08. The Bertz CT molecular complexity index is 950. The van der Waals surface area contributed by atoms with Crippen LogP contribution in [0.5, 0.6) is 5.75 Å². The van der Waals surface area contributed by atoms with E-state index in [-0.39, 0.29) is 0 Å². The molecule has 0 radical (unpaired) electrons. The lowest BCUT2D eigenvalue weighted by Crippen LogP contribution is -2.22. The average Bonchev–Trinajstić information content (AvgIpc) is 2.66. The monoisotopic (exact) mass is 347 g/mol. The van der Waals surface area contributed by atoms with Crippen LogP contribution < -0.4 is 10.1 Å². The molecule has 4 heteroatoms. The van der Waals surface area contributed by atoms with Crippen molar-refractivity contribution in [2.75, 3.05) is 39.6 Å². The summed E-state index contributed by atoms with van der Waals surface area (Å²) in [4.78, 5) is 7.22. The predicted octanol–water partition coefficient (Wildman–Crippen LogP) is 3.98. The van der Waals surface area contributed by atoms with Gasteiger partial charge in [-0.2, -0.15) is 0 Å². The summed E-state index contributed by atoms with van der Waals surface area (Å²) in [6.45, 7) is 1.92. The number of benzene rings is 2. The first-order chi connectivity index (χ1) is 12.7. The molecule has 0 saturated carbocycles. The molecule has 1 aromatic heterocycles. The minimum Gasteiger partial charge on any atom is -0.497 e. The van der Waals surface area contributed by atoms with E-state index >= 15 is 0 Å². The maximum absolute atomic E-state index is 5.40. The highest BCUT2D eigenvalue weighted by Crippen LogP contribution is 2.40. The molecule has 0 spiro atoms. The highest BCUT2D eigenvalue weighted by molar-refractivity contribution is 5.97. The van der Waals surface area contributed by atoms with Crippen molar-refractivity contribution in [3.63, 3.8) is 0 Å². The lowest BCUT2D eigenvalue weighted by atomic mass is 9.87. The lowest BCUT2D eigenvalue weighted by Gasteiger charge is -2.24. The molecule has 1 aliphatic carbocycles. The van der Waals surface area contributed by atoms with Crippen LogP contribution in [-0.4, -0.2) is 44.2 Å². The van der Waals surface area contributed by atoms with Crippen LogP contribution in [-0.2, 0) is 12.8 Å². The lowest BCUT2D eigenvalue weighted by molar-refractivity contribution is 0.414. The zero-order valence-electron chi connectivity index (χ0n) is 15.7. The second-order valence-electron chi connectivity index (χ2n) is 7.08. The van der Waals surface area contributed by atoms with Gasteiger partial charge in [0.1, 0.15) is 5.75 Å². The number of aryl methyl sites for hydroxylation is 1. The fourth-order valence-corrected chi connectivity index (χ4v) is 3.72. The van der Waals surface area contributed by atoms with Gasteiger partial charge in [-0.15, -0.1) is 0 Å². The third-order valence-electron chi connectivity index (χ3n) is 5.07. The molecule has 134 valence electrons. The molecule has 0 amide bonds. The number of para-hydroxylation sites is 1. The largest absolute Gasteiger partial charge is 0.497 e. The number of pyridine rings is 1. The number of methoxy groups -OCH3 is 1. The van der Waals surface area contributed by atoms with Gasteiger partial charge in [0, 0.05) is 35.3 Å². The second kappa shape index (κ2) is 6.96. The highest BCUT2D eigenvalue weighted by Gasteiger charge is 2.22. The Morgan fingerprint density at radius 1 is 1.12 bits per heavy atom. The van der Waals surface area contributed by atoms with Crippen molar-refractivity contribution >= 4 is 16.6 Å². The van der Waals surface area contributed by atoms with E-state index in [1.807, 2.05) is 6.07 Å². The highest BCUT2D eigenvalue weighted by atomic mass is 16.5. The Balaban J connectivity index is 1.85. The number of fused-ring (bicyclic) bond motifs is 4. The van der Waals surface area contributed by atoms with Crippen LogP contribution >= 0.6 is 0 Å². The van der Waals surface area contributed by atoms with E-state index in [4.69, 9.17) is 9.72 Å². The summed E-state index contributed by atoms with van der Waals surface area (Å²) in [6.07, 6.45) is 2.01. The van der Waals surface area contributed by atoms with Crippen LogP contribution in [0.3, 0.4) is 0 Å². The number of hydrogen-bond acceptors (Lipinski definition) is 4. The molecule has 0 saturated heterocycles. The summed E-state index contributed by atoms with van der Waals surface area (Å²) in [7, 11) is 5.92. The van der Waals surface area contributed by atoms with Crippen LogP contribution in [0.25, 0.3) is 22.2 Å². The molecule has 4 rings (SSSR count). The van der Waals surface area contributed by atoms with Crippen LogP contribution in [0.15, 0.2) is 42.5 Å². The standard InChI is InChI=1S/C22H25N3O/c1-25(2)13-12-23-21-18-6-4-5-7-20(18)24-22-17-11-9-16(26-3)14-15(17)8-10-19(21)22/h4-7,9,11,14H,8,10,12-13H2,1-3H3,(H,23,24). The molecule has 0 bridgehead atoms. The quantitative estimate of drug-likeness (QED) is 0.757. The fraction of sp³-hybridized carbons (Fsp3) is 0.318. The number of nitrogens with one attached hydrogen (secondary N) is 1. The normalized spacial score (nSPS) is 12.8. The SMILES string of the molecule is COc1ccc2c(c1)CCc1c-2nc2ccccc2c1NCCN(C)C. The third kappa shape index (κ3) is 3.01. The topological polar surface area (TPSA) is 37.4 Å². The molecule has 3 aromatic rings. The summed E-state index contributed by atoms with van der Waals surface area (Å²) in [5, 5.41) is 4.90. The van der Waals surface area contributed by atoms with Crippen LogP contribution in [0, 0.1) is 0 Å². The van der Waals surface area contributed by atoms with Crippen molar-refractivity contribution in [2.45, 2.75) is 12.8 Å². The Morgan fingerprint density at radius 2 is 1.96 bits per heavy atom. The van der Waals surface area contributed by atoms with Crippen molar-refractivity contribution in [3.05, 3.63) is 53.6 Å². The van der Waals surface area contributed by atoms with Crippen molar-refractivity contribution in [1.29, 1.82) is 0 Å². The molecule has 1 aliphatic rings. The molecular formula is C22H25N3O. The summed E-state index contributed by atoms with van der Waals surface area (Å²) >= 11 is 0. The number of anilines is 1. The number of nitrogens with zero attached hydrogens (tertiary/aromatic N) is 2. The summed E-state index contributed by atoms with van der Waals surface area (Å²) in [5.74, 6) is 0.914. The van der Waals surface area contributed by atoms with E-state index < -0.39 is 0 Å². The zero-order chi connectivity index (χ0) is 18.1. The van der Waals surface area contributed by atoms with Gasteiger partial charge in [0.05, 0.1) is 18.3 Å². The van der Waals surface area contributed by atoms with Gasteiger partial charge in [0.15, 0.2) is 0 Å². The van der Waals surface area contributed by atoms with Gasteiger partial charge < -0.3 is 15.0 Å². The molecule has 2 aromatic carbocycles. The molecule has 0 aliphatic heterocycles. The van der Waals surface area contributed by atoms with Gasteiger partial charge in [0.25, 0.3) is 0 Å². The molecule has 1 N–H and O–H groups in total. The molecular weight excluding hydrogens is 322 g/mol. The van der Waals surface area contributed by atoms with E-state index in [1.54, 1.807) is 7.11 Å². The fourth-order valence-electron chi connectivity index (χ4n) is 3.72. The van der Waals surface area contributed by atoms with Crippen molar-refractivity contribution in [3.8, 4) is 17.0 Å². The number of aromatic nitrogens is 1. The van der Waals surface area contributed by atoms with E-state index in [0.29, 0.717) is 0 Å². The number of likely N-dealkylation sites (N-methyl/N-ethyl adjacent to an activating group) is 1. The van der Waals surface area contributed by atoms with Crippen LogP contribution in [0.1, 0.15) is 11.1 Å². The van der Waals surface area contributed by atoms with E-state index in [2.05, 4.69) is 60.7 Å². The number of rotatable bonds is 5. The van der Waals surface area contributed by atoms with Gasteiger partial charge in [-0.1, -0.05) is 18.2 Å². The van der Waals surface area contributed by atoms with Crippen molar-refractivity contribution in [1.82, 2.24) is 9.88 Å². The first-order valence-corrected chi connectivity index (χ1v) is 9.15. The minimum absolute atomic E-state index is 0.914. The summed E-state index contributed by atoms with van der Waals surface area (Å²) < 4.78 is 5.40. The smallest absolute Gasteiger partial charge is 0.119 e. The summed E-state index contributed by atoms with van der Waals surface area (Å²) in [6, 6.07) is 14.8. The predicted molar refractivity (Wildman–Crippen MR) is 108 cm³/mol. The van der Waals surface area contributed by atoms with Gasteiger partial charge in [-0.3, -0.25) is 0 Å². The maximum Gasteiger partial charge on any atom is 0.119 e. The van der Waals surface area contributed by atoms with Crippen molar-refractivity contribution < 1.29 is 4.74 Å². The molecule has 0 atom stereocenters. The molecule has 0 fully saturated rings. The zero-order valence-corrected chi connectivity index (χ0v) is 15.7. The van der Waals surface area contributed by atoms with Crippen LogP contribution in [0.4, 0.5) is 5.69 Å². The molecule has 4 nitrogen and oxygen atoms in total. The first kappa shape index (κ1) is 16.9. The van der Waals surface area contributed by atoms with E-state index in [1.165, 1.54) is 27.8 Å². The van der Waals surface area contributed by atoms with Gasteiger partial charge in [-0.05, 0) is 56.8 Å². The maximum atomic E-state index is 5.40. The minimum atomic E-state index is 0.914. The summed E-state index contributed by atoms with van der Waals surface area (Å²) in [5.41, 5.74) is 7.28. The third-order valence-corrected chi connectivity index (χ3v) is 5.07. The Hall–Kier alpha value is -2.59.